The molecule has 2 N–H and O–H groups in total. The Morgan fingerprint density at radius 1 is 1.20 bits per heavy atom. The lowest BCUT2D eigenvalue weighted by molar-refractivity contribution is -0.136. The van der Waals surface area contributed by atoms with Crippen molar-refractivity contribution in [3.05, 3.63) is 35.9 Å². The molecule has 4 nitrogen and oxygen atoms in total. The first-order valence-electron chi connectivity index (χ1n) is 4.64. The molecule has 0 aromatic heterocycles. The number of hydrogen-bond acceptors (Lipinski definition) is 4. The highest BCUT2D eigenvalue weighted by Gasteiger charge is 2.44. The van der Waals surface area contributed by atoms with Crippen molar-refractivity contribution < 1.29 is 9.59 Å². The normalized spacial score (nSPS) is 20.3. The topological polar surface area (TPSA) is 70.0 Å². The third kappa shape index (κ3) is 1.71. The van der Waals surface area contributed by atoms with Gasteiger partial charge in [0.25, 0.3) is 0 Å². The molecule has 0 heterocycles. The van der Waals surface area contributed by atoms with Gasteiger partial charge in [0.1, 0.15) is 11.8 Å². The third-order valence-corrected chi connectivity index (χ3v) is 2.37. The molecule has 4 heteroatoms. The van der Waals surface area contributed by atoms with Crippen LogP contribution in [0.2, 0.25) is 0 Å². The van der Waals surface area contributed by atoms with Crippen LogP contribution in [-0.2, 0) is 16.1 Å². The van der Waals surface area contributed by atoms with Crippen molar-refractivity contribution in [3.8, 4) is 0 Å². The molecule has 76 valence electrons. The van der Waals surface area contributed by atoms with Crippen molar-refractivity contribution in [1.82, 2.24) is 5.32 Å². The van der Waals surface area contributed by atoms with Crippen LogP contribution in [0, 0.1) is 5.41 Å². The first-order chi connectivity index (χ1) is 7.20. The summed E-state index contributed by atoms with van der Waals surface area (Å²) in [5, 5.41) is 10.1. The molecule has 0 spiro atoms. The van der Waals surface area contributed by atoms with Gasteiger partial charge in [0.15, 0.2) is 0 Å². The average Bonchev–Trinajstić information content (AvgIpc) is 2.30. The second kappa shape index (κ2) is 3.74. The van der Waals surface area contributed by atoms with Crippen molar-refractivity contribution in [2.24, 2.45) is 0 Å². The maximum atomic E-state index is 11.0. The van der Waals surface area contributed by atoms with E-state index in [0.717, 1.165) is 5.56 Å². The summed E-state index contributed by atoms with van der Waals surface area (Å²) < 4.78 is 0. The first kappa shape index (κ1) is 9.73. The van der Waals surface area contributed by atoms with Crippen molar-refractivity contribution in [2.45, 2.75) is 12.6 Å². The Labute approximate surface area is 86.8 Å². The summed E-state index contributed by atoms with van der Waals surface area (Å²) in [6.45, 7) is 0.493. The van der Waals surface area contributed by atoms with Crippen LogP contribution in [0.1, 0.15) is 5.56 Å². The van der Waals surface area contributed by atoms with Crippen molar-refractivity contribution in [1.29, 1.82) is 5.41 Å². The maximum absolute atomic E-state index is 11.0. The molecule has 2 rings (SSSR count). The SMILES string of the molecule is N=C1C(=O)C(=O)[C@@H]1NCc1ccccc1. The fourth-order valence-corrected chi connectivity index (χ4v) is 1.46. The fraction of sp³-hybridized carbons (Fsp3) is 0.182. The summed E-state index contributed by atoms with van der Waals surface area (Å²) in [7, 11) is 0. The minimum atomic E-state index is -0.697. The molecular formula is C11H10N2O2. The van der Waals surface area contributed by atoms with E-state index in [1.165, 1.54) is 0 Å². The van der Waals surface area contributed by atoms with E-state index in [1.54, 1.807) is 0 Å². The van der Waals surface area contributed by atoms with Crippen molar-refractivity contribution >= 4 is 17.3 Å². The van der Waals surface area contributed by atoms with E-state index < -0.39 is 17.6 Å². The van der Waals surface area contributed by atoms with Gasteiger partial charge in [-0.05, 0) is 5.56 Å². The van der Waals surface area contributed by atoms with E-state index in [9.17, 15) is 9.59 Å². The van der Waals surface area contributed by atoms with Gasteiger partial charge in [-0.1, -0.05) is 30.3 Å². The van der Waals surface area contributed by atoms with Crippen LogP contribution >= 0.6 is 0 Å². The van der Waals surface area contributed by atoms with Gasteiger partial charge in [0.05, 0.1) is 0 Å². The van der Waals surface area contributed by atoms with Crippen LogP contribution in [0.5, 0.6) is 0 Å². The highest BCUT2D eigenvalue weighted by molar-refractivity contribution is 6.79. The third-order valence-electron chi connectivity index (χ3n) is 2.37. The molecule has 1 aromatic rings. The predicted octanol–water partition coefficient (Wildman–Crippen LogP) is 0.316. The van der Waals surface area contributed by atoms with Crippen LogP contribution in [0.25, 0.3) is 0 Å². The van der Waals surface area contributed by atoms with Gasteiger partial charge in [0, 0.05) is 6.54 Å². The maximum Gasteiger partial charge on any atom is 0.246 e. The van der Waals surface area contributed by atoms with Gasteiger partial charge in [-0.25, -0.2) is 0 Å². The standard InChI is InChI=1S/C11H10N2O2/c12-8-9(11(15)10(8)14)13-6-7-4-2-1-3-5-7/h1-5,9,12-13H,6H2/t9-/m1/s1. The number of benzene rings is 1. The molecule has 0 radical (unpaired) electrons. The monoisotopic (exact) mass is 202 g/mol. The summed E-state index contributed by atoms with van der Waals surface area (Å²) in [6, 6.07) is 8.84. The lowest BCUT2D eigenvalue weighted by atomic mass is 9.87. The lowest BCUT2D eigenvalue weighted by Gasteiger charge is -2.24. The molecule has 0 amide bonds. The number of hydrogen-bond donors (Lipinski definition) is 2. The molecular weight excluding hydrogens is 192 g/mol. The average molecular weight is 202 g/mol. The Morgan fingerprint density at radius 3 is 2.47 bits per heavy atom. The van der Waals surface area contributed by atoms with Crippen LogP contribution < -0.4 is 5.32 Å². The number of carbonyl (C=O) groups is 2. The molecule has 1 aromatic carbocycles. The van der Waals surface area contributed by atoms with Gasteiger partial charge in [-0.15, -0.1) is 0 Å². The summed E-state index contributed by atoms with van der Waals surface area (Å²) in [4.78, 5) is 21.8. The molecule has 1 aliphatic rings. The molecule has 1 fully saturated rings. The number of nitrogens with one attached hydrogen (secondary N) is 2. The Bertz CT molecular complexity index is 407. The van der Waals surface area contributed by atoms with Crippen LogP contribution in [0.3, 0.4) is 0 Å². The second-order valence-electron chi connectivity index (χ2n) is 3.41. The molecule has 1 atom stereocenters. The Hall–Kier alpha value is -1.81. The van der Waals surface area contributed by atoms with E-state index >= 15 is 0 Å². The minimum Gasteiger partial charge on any atom is -0.299 e. The molecule has 15 heavy (non-hydrogen) atoms. The second-order valence-corrected chi connectivity index (χ2v) is 3.41. The fourth-order valence-electron chi connectivity index (χ4n) is 1.46. The number of rotatable bonds is 3. The van der Waals surface area contributed by atoms with Crippen LogP contribution in [0.4, 0.5) is 0 Å². The number of ketones is 2. The Kier molecular flexibility index (Phi) is 2.43. The van der Waals surface area contributed by atoms with Gasteiger partial charge in [-0.2, -0.15) is 0 Å². The zero-order valence-electron chi connectivity index (χ0n) is 7.99. The summed E-state index contributed by atoms with van der Waals surface area (Å²) in [6.07, 6.45) is 0. The van der Waals surface area contributed by atoms with Gasteiger partial charge < -0.3 is 0 Å². The Morgan fingerprint density at radius 2 is 1.87 bits per heavy atom. The van der Waals surface area contributed by atoms with E-state index in [4.69, 9.17) is 5.41 Å². The molecule has 0 aliphatic heterocycles. The van der Waals surface area contributed by atoms with E-state index in [0.29, 0.717) is 6.54 Å². The zero-order chi connectivity index (χ0) is 10.8. The largest absolute Gasteiger partial charge is 0.299 e. The van der Waals surface area contributed by atoms with Crippen molar-refractivity contribution in [3.63, 3.8) is 0 Å². The van der Waals surface area contributed by atoms with Crippen LogP contribution in [-0.4, -0.2) is 23.3 Å². The smallest absolute Gasteiger partial charge is 0.246 e. The minimum absolute atomic E-state index is 0.129. The van der Waals surface area contributed by atoms with Gasteiger partial charge in [-0.3, -0.25) is 20.3 Å². The number of Topliss-reactive ketones (excluding diaryl/α,β-unsaturated/α-hetero) is 2. The Balaban J connectivity index is 1.93. The molecule has 1 aliphatic carbocycles. The predicted molar refractivity (Wildman–Crippen MR) is 54.8 cm³/mol. The highest BCUT2D eigenvalue weighted by Crippen LogP contribution is 2.07. The molecule has 0 saturated heterocycles. The van der Waals surface area contributed by atoms with Gasteiger partial charge >= 0.3 is 0 Å². The van der Waals surface area contributed by atoms with E-state index in [1.807, 2.05) is 30.3 Å². The summed E-state index contributed by atoms with van der Waals surface area (Å²) in [5.74, 6) is -1.17. The molecule has 0 unspecified atom stereocenters. The van der Waals surface area contributed by atoms with Crippen molar-refractivity contribution in [2.75, 3.05) is 0 Å². The first-order valence-corrected chi connectivity index (χ1v) is 4.64. The summed E-state index contributed by atoms with van der Waals surface area (Å²) in [5.41, 5.74) is 0.897. The van der Waals surface area contributed by atoms with Crippen LogP contribution in [0.15, 0.2) is 30.3 Å². The molecule has 1 saturated carbocycles. The van der Waals surface area contributed by atoms with E-state index in [-0.39, 0.29) is 5.71 Å². The zero-order valence-corrected chi connectivity index (χ0v) is 7.99. The quantitative estimate of drug-likeness (QED) is 0.693. The van der Waals surface area contributed by atoms with E-state index in [2.05, 4.69) is 5.32 Å². The summed E-state index contributed by atoms with van der Waals surface area (Å²) >= 11 is 0. The highest BCUT2D eigenvalue weighted by atomic mass is 16.2. The molecule has 0 bridgehead atoms. The van der Waals surface area contributed by atoms with Gasteiger partial charge in [0.2, 0.25) is 11.6 Å². The lowest BCUT2D eigenvalue weighted by Crippen LogP contribution is -2.60. The number of carbonyl (C=O) groups excluding carboxylic acids is 2.